The van der Waals surface area contributed by atoms with Crippen molar-refractivity contribution in [1.82, 2.24) is 9.78 Å². The van der Waals surface area contributed by atoms with Crippen molar-refractivity contribution in [1.29, 1.82) is 0 Å². The zero-order chi connectivity index (χ0) is 14.8. The molecule has 2 heterocycles. The number of halogens is 1. The quantitative estimate of drug-likeness (QED) is 0.726. The first-order valence-electron chi connectivity index (χ1n) is 5.93. The van der Waals surface area contributed by atoms with Crippen LogP contribution < -0.4 is 0 Å². The molecule has 2 aromatic heterocycles. The van der Waals surface area contributed by atoms with Crippen molar-refractivity contribution in [3.63, 3.8) is 0 Å². The summed E-state index contributed by atoms with van der Waals surface area (Å²) in [6, 6.07) is 1.88. The normalized spacial score (nSPS) is 11.7. The van der Waals surface area contributed by atoms with Gasteiger partial charge in [-0.05, 0) is 27.4 Å². The minimum Gasteiger partial charge on any atom is -0.298 e. The van der Waals surface area contributed by atoms with E-state index in [0.717, 1.165) is 15.6 Å². The molecule has 5 nitrogen and oxygen atoms in total. The number of carbonyl (C=O) groups is 1. The molecule has 0 N–H and O–H groups in total. The molecule has 0 atom stereocenters. The molecule has 0 aliphatic carbocycles. The van der Waals surface area contributed by atoms with E-state index >= 15 is 0 Å². The number of hydrogen-bond acceptors (Lipinski definition) is 5. The Morgan fingerprint density at radius 2 is 2.25 bits per heavy atom. The fraction of sp³-hybridized carbons (Fsp3) is 0.333. The molecule has 0 aliphatic heterocycles. The lowest BCUT2D eigenvalue weighted by molar-refractivity contribution is 0.112. The first kappa shape index (κ1) is 15.4. The van der Waals surface area contributed by atoms with E-state index in [4.69, 9.17) is 0 Å². The number of aldehydes is 1. The summed E-state index contributed by atoms with van der Waals surface area (Å²) in [5, 5.41) is 6.22. The molecule has 0 fully saturated rings. The highest BCUT2D eigenvalue weighted by molar-refractivity contribution is 9.10. The lowest BCUT2D eigenvalue weighted by Gasteiger charge is -2.01. The molecule has 0 saturated heterocycles. The maximum absolute atomic E-state index is 11.5. The highest BCUT2D eigenvalue weighted by atomic mass is 79.9. The summed E-state index contributed by atoms with van der Waals surface area (Å²) in [4.78, 5) is 12.0. The number of hydrogen-bond donors (Lipinski definition) is 0. The maximum Gasteiger partial charge on any atom is 0.153 e. The first-order valence-corrected chi connectivity index (χ1v) is 9.42. The number of nitrogens with zero attached hydrogens (tertiary/aromatic N) is 2. The zero-order valence-corrected chi connectivity index (χ0v) is 14.0. The Morgan fingerprint density at radius 1 is 1.50 bits per heavy atom. The number of aryl methyl sites for hydroxylation is 1. The number of rotatable bonds is 6. The van der Waals surface area contributed by atoms with Crippen molar-refractivity contribution in [2.45, 2.75) is 13.5 Å². The molecular formula is C12H13BrN2O3S2. The van der Waals surface area contributed by atoms with Gasteiger partial charge >= 0.3 is 0 Å². The van der Waals surface area contributed by atoms with Crippen LogP contribution in [-0.2, 0) is 16.4 Å². The third kappa shape index (κ3) is 3.36. The van der Waals surface area contributed by atoms with Crippen LogP contribution in [0.3, 0.4) is 0 Å². The molecule has 0 amide bonds. The monoisotopic (exact) mass is 376 g/mol. The summed E-state index contributed by atoms with van der Waals surface area (Å²) in [6.07, 6.45) is 2.32. The average Bonchev–Trinajstić information content (AvgIpc) is 3.02. The number of aromatic nitrogens is 2. The molecule has 0 aromatic carbocycles. The van der Waals surface area contributed by atoms with Gasteiger partial charge in [-0.2, -0.15) is 5.10 Å². The summed E-state index contributed by atoms with van der Waals surface area (Å²) in [5.41, 5.74) is 1.04. The molecule has 8 heteroatoms. The smallest absolute Gasteiger partial charge is 0.153 e. The van der Waals surface area contributed by atoms with E-state index in [1.807, 2.05) is 11.4 Å². The van der Waals surface area contributed by atoms with Crippen molar-refractivity contribution >= 4 is 43.4 Å². The molecule has 20 heavy (non-hydrogen) atoms. The maximum atomic E-state index is 11.5. The highest BCUT2D eigenvalue weighted by Gasteiger charge is 2.16. The van der Waals surface area contributed by atoms with Gasteiger partial charge in [0.15, 0.2) is 16.1 Å². The summed E-state index contributed by atoms with van der Waals surface area (Å²) in [5.74, 6) is 0.132. The zero-order valence-electron chi connectivity index (χ0n) is 10.7. The van der Waals surface area contributed by atoms with Gasteiger partial charge in [-0.3, -0.25) is 9.48 Å². The SMILES string of the molecule is CCS(=O)(=O)CCn1cc(C=O)c(-c2sccc2Br)n1. The van der Waals surface area contributed by atoms with Gasteiger partial charge < -0.3 is 0 Å². The summed E-state index contributed by atoms with van der Waals surface area (Å²) in [6.45, 7) is 1.86. The molecule has 2 rings (SSSR count). The molecule has 0 unspecified atom stereocenters. The van der Waals surface area contributed by atoms with Gasteiger partial charge in [0, 0.05) is 16.4 Å². The lowest BCUT2D eigenvalue weighted by Crippen LogP contribution is -2.14. The van der Waals surface area contributed by atoms with E-state index in [2.05, 4.69) is 21.0 Å². The standard InChI is InChI=1S/C12H13BrN2O3S2/c1-2-20(17,18)6-4-15-7-9(8-16)11(14-15)12-10(13)3-5-19-12/h3,5,7-8H,2,4,6H2,1H3. The summed E-state index contributed by atoms with van der Waals surface area (Å²) >= 11 is 4.88. The van der Waals surface area contributed by atoms with Gasteiger partial charge in [0.05, 0.1) is 22.7 Å². The van der Waals surface area contributed by atoms with Crippen molar-refractivity contribution in [3.05, 3.63) is 27.7 Å². The Bertz CT molecular complexity index is 719. The van der Waals surface area contributed by atoms with E-state index in [0.29, 0.717) is 11.3 Å². The fourth-order valence-corrected chi connectivity index (χ4v) is 3.97. The van der Waals surface area contributed by atoms with Crippen LogP contribution in [0.2, 0.25) is 0 Å². The second-order valence-corrected chi connectivity index (χ2v) is 8.39. The minimum atomic E-state index is -3.05. The van der Waals surface area contributed by atoms with Crippen molar-refractivity contribution in [3.8, 4) is 10.6 Å². The van der Waals surface area contributed by atoms with Crippen LogP contribution in [-0.4, -0.2) is 36.0 Å². The Hall–Kier alpha value is -0.990. The molecule has 2 aromatic rings. The van der Waals surface area contributed by atoms with Gasteiger partial charge in [0.25, 0.3) is 0 Å². The van der Waals surface area contributed by atoms with Gasteiger partial charge in [-0.1, -0.05) is 6.92 Å². The van der Waals surface area contributed by atoms with E-state index in [1.54, 1.807) is 13.1 Å². The van der Waals surface area contributed by atoms with Gasteiger partial charge in [0.1, 0.15) is 5.69 Å². The molecule has 0 radical (unpaired) electrons. The van der Waals surface area contributed by atoms with Crippen LogP contribution in [0.4, 0.5) is 0 Å². The minimum absolute atomic E-state index is 0.0223. The Morgan fingerprint density at radius 3 is 2.80 bits per heavy atom. The van der Waals surface area contributed by atoms with Crippen LogP contribution in [0.1, 0.15) is 17.3 Å². The molecule has 0 saturated carbocycles. The molecule has 108 valence electrons. The molecule has 0 spiro atoms. The summed E-state index contributed by atoms with van der Waals surface area (Å²) in [7, 11) is -3.05. The van der Waals surface area contributed by atoms with E-state index < -0.39 is 9.84 Å². The Balaban J connectivity index is 2.28. The van der Waals surface area contributed by atoms with Crippen molar-refractivity contribution in [2.24, 2.45) is 0 Å². The third-order valence-electron chi connectivity index (χ3n) is 2.82. The van der Waals surface area contributed by atoms with Crippen molar-refractivity contribution < 1.29 is 13.2 Å². The molecular weight excluding hydrogens is 364 g/mol. The second kappa shape index (κ2) is 6.19. The predicted molar refractivity (Wildman–Crippen MR) is 83.0 cm³/mol. The van der Waals surface area contributed by atoms with E-state index in [9.17, 15) is 13.2 Å². The van der Waals surface area contributed by atoms with E-state index in [-0.39, 0.29) is 18.1 Å². The van der Waals surface area contributed by atoms with Crippen LogP contribution in [0.25, 0.3) is 10.6 Å². The van der Waals surface area contributed by atoms with Gasteiger partial charge in [-0.25, -0.2) is 8.42 Å². The lowest BCUT2D eigenvalue weighted by atomic mass is 10.2. The molecule has 0 bridgehead atoms. The van der Waals surface area contributed by atoms with Gasteiger partial charge in [0.2, 0.25) is 0 Å². The van der Waals surface area contributed by atoms with E-state index in [1.165, 1.54) is 16.0 Å². The number of thiophene rings is 1. The van der Waals surface area contributed by atoms with Gasteiger partial charge in [-0.15, -0.1) is 11.3 Å². The molecule has 0 aliphatic rings. The topological polar surface area (TPSA) is 69.0 Å². The van der Waals surface area contributed by atoms with Crippen LogP contribution in [0, 0.1) is 0 Å². The van der Waals surface area contributed by atoms with Crippen molar-refractivity contribution in [2.75, 3.05) is 11.5 Å². The first-order chi connectivity index (χ1) is 9.46. The van der Waals surface area contributed by atoms with Crippen LogP contribution in [0.15, 0.2) is 22.1 Å². The fourth-order valence-electron chi connectivity index (χ4n) is 1.65. The number of sulfone groups is 1. The average molecular weight is 377 g/mol. The Labute approximate surface area is 129 Å². The van der Waals surface area contributed by atoms with Crippen LogP contribution in [0.5, 0.6) is 0 Å². The summed E-state index contributed by atoms with van der Waals surface area (Å²) < 4.78 is 25.4. The van der Waals surface area contributed by atoms with Crippen LogP contribution >= 0.6 is 27.3 Å². The second-order valence-electron chi connectivity index (χ2n) is 4.15. The Kier molecular flexibility index (Phi) is 4.77. The largest absolute Gasteiger partial charge is 0.298 e. The highest BCUT2D eigenvalue weighted by Crippen LogP contribution is 2.33. The third-order valence-corrected chi connectivity index (χ3v) is 6.35. The predicted octanol–water partition coefficient (Wildman–Crippen LogP) is 2.62. The number of carbonyl (C=O) groups excluding carboxylic acids is 1.